The van der Waals surface area contributed by atoms with Crippen LogP contribution in [0.15, 0.2) is 108 Å². The van der Waals surface area contributed by atoms with Gasteiger partial charge in [0.2, 0.25) is 0 Å². The molecule has 0 unspecified atom stereocenters. The molecule has 4 aromatic carbocycles. The number of hydrazone groups is 1. The summed E-state index contributed by atoms with van der Waals surface area (Å²) in [5.74, 6) is 8.38. The normalized spacial score (nSPS) is 10.6. The van der Waals surface area contributed by atoms with E-state index in [0.717, 1.165) is 22.6 Å². The average molecular weight is 508 g/mol. The fourth-order valence-electron chi connectivity index (χ4n) is 3.73. The van der Waals surface area contributed by atoms with Gasteiger partial charge in [-0.05, 0) is 60.2 Å². The Morgan fingerprint density at radius 2 is 1.03 bits per heavy atom. The van der Waals surface area contributed by atoms with Crippen LogP contribution in [-0.4, -0.2) is 23.9 Å². The van der Waals surface area contributed by atoms with E-state index >= 15 is 0 Å². The lowest BCUT2D eigenvalue weighted by molar-refractivity contribution is 0.0953. The lowest BCUT2D eigenvalue weighted by Crippen LogP contribution is -2.33. The van der Waals surface area contributed by atoms with Crippen LogP contribution in [0.2, 0.25) is 0 Å². The van der Waals surface area contributed by atoms with Crippen LogP contribution in [-0.2, 0) is 0 Å². The number of nitrogens with zero attached hydrogens (tertiary/aromatic N) is 2. The molecule has 7 N–H and O–H groups in total. The summed E-state index contributed by atoms with van der Waals surface area (Å²) < 4.78 is 0. The van der Waals surface area contributed by atoms with Crippen molar-refractivity contribution in [2.24, 2.45) is 16.8 Å². The number of benzene rings is 4. The van der Waals surface area contributed by atoms with Gasteiger partial charge >= 0.3 is 0 Å². The van der Waals surface area contributed by atoms with E-state index in [1.165, 1.54) is 24.4 Å². The molecule has 0 bridgehead atoms. The van der Waals surface area contributed by atoms with Gasteiger partial charge in [-0.25, -0.2) is 17.1 Å². The van der Waals surface area contributed by atoms with Crippen LogP contribution in [0.4, 0.5) is 17.1 Å². The Morgan fingerprint density at radius 3 is 1.47 bits per heavy atom. The van der Waals surface area contributed by atoms with Gasteiger partial charge < -0.3 is 4.90 Å². The zero-order valence-electron chi connectivity index (χ0n) is 20.2. The van der Waals surface area contributed by atoms with E-state index in [2.05, 4.69) is 15.4 Å². The van der Waals surface area contributed by atoms with E-state index in [0.29, 0.717) is 0 Å². The van der Waals surface area contributed by atoms with E-state index in [4.69, 9.17) is 11.7 Å². The quantitative estimate of drug-likeness (QED) is 0.107. The van der Waals surface area contributed by atoms with Gasteiger partial charge in [-0.1, -0.05) is 48.5 Å². The second kappa shape index (κ2) is 12.1. The molecule has 0 saturated carbocycles. The van der Waals surface area contributed by atoms with Crippen molar-refractivity contribution < 1.29 is 14.4 Å². The smallest absolute Gasteiger partial charge is 0.271 e. The SMILES string of the molecule is NNC(=O)c1cc(C(=O)NN)cc(C(=O)N/N=C/c2ccc(N(c3ccccc3)c3ccccc3)cc2)c1. The number of para-hydroxylation sites is 2. The lowest BCUT2D eigenvalue weighted by atomic mass is 10.0. The Bertz CT molecular complexity index is 1380. The lowest BCUT2D eigenvalue weighted by Gasteiger charge is -2.25. The highest BCUT2D eigenvalue weighted by molar-refractivity contribution is 6.04. The van der Waals surface area contributed by atoms with Crippen molar-refractivity contribution in [1.29, 1.82) is 0 Å². The van der Waals surface area contributed by atoms with E-state index in [1.807, 2.05) is 95.8 Å². The summed E-state index contributed by atoms with van der Waals surface area (Å²) in [6, 6.07) is 31.5. The number of carbonyl (C=O) groups excluding carboxylic acids is 3. The molecule has 3 amide bonds. The number of carbonyl (C=O) groups is 3. The monoisotopic (exact) mass is 507 g/mol. The summed E-state index contributed by atoms with van der Waals surface area (Å²) >= 11 is 0. The molecule has 10 heteroatoms. The minimum absolute atomic E-state index is 0.0136. The van der Waals surface area contributed by atoms with Crippen molar-refractivity contribution in [2.75, 3.05) is 4.90 Å². The fourth-order valence-corrected chi connectivity index (χ4v) is 3.73. The van der Waals surface area contributed by atoms with Crippen molar-refractivity contribution in [3.05, 3.63) is 125 Å². The molecule has 0 spiro atoms. The topological polar surface area (TPSA) is 155 Å². The van der Waals surface area contributed by atoms with Crippen LogP contribution >= 0.6 is 0 Å². The molecular weight excluding hydrogens is 482 g/mol. The number of amides is 3. The van der Waals surface area contributed by atoms with Crippen LogP contribution in [0, 0.1) is 0 Å². The molecule has 10 nitrogen and oxygen atoms in total. The van der Waals surface area contributed by atoms with Crippen LogP contribution in [0.3, 0.4) is 0 Å². The molecule has 0 aliphatic rings. The highest BCUT2D eigenvalue weighted by Crippen LogP contribution is 2.33. The summed E-state index contributed by atoms with van der Waals surface area (Å²) in [4.78, 5) is 38.7. The molecule has 0 radical (unpaired) electrons. The molecule has 0 atom stereocenters. The number of hydrazine groups is 2. The van der Waals surface area contributed by atoms with E-state index in [9.17, 15) is 14.4 Å². The molecule has 0 heterocycles. The minimum Gasteiger partial charge on any atom is -0.311 e. The van der Waals surface area contributed by atoms with Crippen LogP contribution in [0.1, 0.15) is 36.6 Å². The summed E-state index contributed by atoms with van der Waals surface area (Å²) in [5.41, 5.74) is 10.1. The maximum absolute atomic E-state index is 12.7. The number of rotatable bonds is 8. The minimum atomic E-state index is -0.672. The van der Waals surface area contributed by atoms with Gasteiger partial charge in [-0.3, -0.25) is 25.2 Å². The van der Waals surface area contributed by atoms with Gasteiger partial charge in [0.25, 0.3) is 17.7 Å². The summed E-state index contributed by atoms with van der Waals surface area (Å²) in [6.45, 7) is 0. The number of nitrogen functional groups attached to an aromatic ring is 2. The van der Waals surface area contributed by atoms with Crippen LogP contribution in [0.5, 0.6) is 0 Å². The first-order chi connectivity index (χ1) is 18.5. The molecule has 190 valence electrons. The Morgan fingerprint density at radius 1 is 0.605 bits per heavy atom. The zero-order chi connectivity index (χ0) is 26.9. The van der Waals surface area contributed by atoms with Crippen molar-refractivity contribution in [3.8, 4) is 0 Å². The largest absolute Gasteiger partial charge is 0.311 e. The third-order valence-electron chi connectivity index (χ3n) is 5.54. The molecule has 4 aromatic rings. The predicted octanol–water partition coefficient (Wildman–Crippen LogP) is 3.13. The maximum atomic E-state index is 12.7. The summed E-state index contributed by atoms with van der Waals surface area (Å²) in [5, 5.41) is 4.01. The van der Waals surface area contributed by atoms with Gasteiger partial charge in [0.05, 0.1) is 6.21 Å². The van der Waals surface area contributed by atoms with Crippen molar-refractivity contribution in [2.45, 2.75) is 0 Å². The third-order valence-corrected chi connectivity index (χ3v) is 5.54. The molecule has 38 heavy (non-hydrogen) atoms. The first-order valence-corrected chi connectivity index (χ1v) is 11.5. The van der Waals surface area contributed by atoms with Crippen molar-refractivity contribution >= 4 is 41.0 Å². The molecule has 0 aliphatic carbocycles. The van der Waals surface area contributed by atoms with Crippen LogP contribution < -0.4 is 32.9 Å². The number of hydrogen-bond donors (Lipinski definition) is 5. The highest BCUT2D eigenvalue weighted by Gasteiger charge is 2.16. The second-order valence-electron chi connectivity index (χ2n) is 8.04. The molecule has 0 fully saturated rings. The number of nitrogens with one attached hydrogen (secondary N) is 3. The average Bonchev–Trinajstić information content (AvgIpc) is 2.98. The molecular formula is C28H25N7O3. The van der Waals surface area contributed by atoms with E-state index < -0.39 is 17.7 Å². The predicted molar refractivity (Wildman–Crippen MR) is 146 cm³/mol. The molecule has 0 aromatic heterocycles. The van der Waals surface area contributed by atoms with Crippen molar-refractivity contribution in [3.63, 3.8) is 0 Å². The van der Waals surface area contributed by atoms with Gasteiger partial charge in [0.1, 0.15) is 0 Å². The summed E-state index contributed by atoms with van der Waals surface area (Å²) in [7, 11) is 0. The highest BCUT2D eigenvalue weighted by atomic mass is 16.2. The van der Waals surface area contributed by atoms with E-state index in [-0.39, 0.29) is 16.7 Å². The Balaban J connectivity index is 1.51. The maximum Gasteiger partial charge on any atom is 0.271 e. The zero-order valence-corrected chi connectivity index (χ0v) is 20.2. The van der Waals surface area contributed by atoms with Gasteiger partial charge in [-0.2, -0.15) is 5.10 Å². The number of hydrogen-bond acceptors (Lipinski definition) is 7. The fraction of sp³-hybridized carbons (Fsp3) is 0. The molecule has 0 saturated heterocycles. The van der Waals surface area contributed by atoms with Gasteiger partial charge in [-0.15, -0.1) is 0 Å². The molecule has 0 aliphatic heterocycles. The Labute approximate surface area is 218 Å². The van der Waals surface area contributed by atoms with Crippen LogP contribution in [0.25, 0.3) is 0 Å². The first-order valence-electron chi connectivity index (χ1n) is 11.5. The van der Waals surface area contributed by atoms with Crippen molar-refractivity contribution in [1.82, 2.24) is 16.3 Å². The first kappa shape index (κ1) is 25.8. The number of nitrogens with two attached hydrogens (primary N) is 2. The Hall–Kier alpha value is -5.32. The standard InChI is InChI=1S/C28H25N7O3/c29-32-26(36)20-15-21(27(37)33-30)17-22(16-20)28(38)34-31-18-19-11-13-25(14-12-19)35(23-7-3-1-4-8-23)24-9-5-2-6-10-24/h1-18H,29-30H2,(H,32,36)(H,33,37)(H,34,38)/b31-18+. The molecule has 4 rings (SSSR count). The van der Waals surface area contributed by atoms with Gasteiger partial charge in [0.15, 0.2) is 0 Å². The van der Waals surface area contributed by atoms with E-state index in [1.54, 1.807) is 0 Å². The summed E-state index contributed by atoms with van der Waals surface area (Å²) in [6.07, 6.45) is 1.49. The Kier molecular flexibility index (Phi) is 8.19. The number of anilines is 3. The third kappa shape index (κ3) is 6.08. The van der Waals surface area contributed by atoms with Gasteiger partial charge in [0, 0.05) is 33.8 Å². The second-order valence-corrected chi connectivity index (χ2v) is 8.04.